The van der Waals surface area contributed by atoms with E-state index >= 15 is 0 Å². The van der Waals surface area contributed by atoms with Crippen molar-refractivity contribution in [3.05, 3.63) is 47.0 Å². The molecule has 0 bridgehead atoms. The summed E-state index contributed by atoms with van der Waals surface area (Å²) in [7, 11) is -1.10. The van der Waals surface area contributed by atoms with Crippen LogP contribution in [-0.2, 0) is 30.6 Å². The summed E-state index contributed by atoms with van der Waals surface area (Å²) in [5, 5.41) is 19.0. The van der Waals surface area contributed by atoms with E-state index < -0.39 is 11.0 Å². The molecule has 0 radical (unpaired) electrons. The Kier molecular flexibility index (Phi) is 5.79. The zero-order chi connectivity index (χ0) is 17.2. The second-order valence-corrected chi connectivity index (χ2v) is 9.12. The van der Waals surface area contributed by atoms with Crippen molar-refractivity contribution in [3.63, 3.8) is 0 Å². The highest BCUT2D eigenvalue weighted by atomic mass is 32.2. The standard InChI is InChI=1S/C18H27NO3S/c1-5-6-17-16-10-15(12-21)14(11-20)9-13(16)7-8-19(17)23(22)18(2,3)4/h5,9-10,17,20-21H,1,6-8,11-12H2,2-4H3/t17-,23?/m1/s1. The van der Waals surface area contributed by atoms with E-state index in [1.807, 2.05) is 43.3 Å². The van der Waals surface area contributed by atoms with Gasteiger partial charge in [0.1, 0.15) is 11.0 Å². The fourth-order valence-corrected chi connectivity index (χ4v) is 4.47. The normalized spacial score (nSPS) is 20.1. The number of hydrogen-bond donors (Lipinski definition) is 2. The Morgan fingerprint density at radius 2 is 1.91 bits per heavy atom. The van der Waals surface area contributed by atoms with Gasteiger partial charge >= 0.3 is 0 Å². The summed E-state index contributed by atoms with van der Waals surface area (Å²) in [4.78, 5) is 0. The van der Waals surface area contributed by atoms with Gasteiger partial charge in [-0.25, -0.2) is 8.51 Å². The quantitative estimate of drug-likeness (QED) is 0.812. The lowest BCUT2D eigenvalue weighted by Gasteiger charge is -2.39. The lowest BCUT2D eigenvalue weighted by atomic mass is 9.88. The molecular formula is C18H27NO3S. The molecule has 0 fully saturated rings. The average molecular weight is 337 g/mol. The Bertz CT molecular complexity index is 607. The summed E-state index contributed by atoms with van der Waals surface area (Å²) in [6, 6.07) is 3.93. The Labute approximate surface area is 141 Å². The van der Waals surface area contributed by atoms with E-state index in [9.17, 15) is 14.4 Å². The minimum atomic E-state index is -1.10. The van der Waals surface area contributed by atoms with Gasteiger partial charge in [-0.3, -0.25) is 0 Å². The molecule has 0 spiro atoms. The van der Waals surface area contributed by atoms with E-state index in [0.717, 1.165) is 29.7 Å². The lowest BCUT2D eigenvalue weighted by molar-refractivity contribution is 0.258. The molecule has 0 amide bonds. The van der Waals surface area contributed by atoms with Crippen molar-refractivity contribution >= 4 is 11.0 Å². The molecular weight excluding hydrogens is 310 g/mol. The number of benzene rings is 1. The molecule has 0 saturated carbocycles. The van der Waals surface area contributed by atoms with Crippen LogP contribution in [-0.4, -0.2) is 30.0 Å². The fourth-order valence-electron chi connectivity index (χ4n) is 3.07. The molecule has 0 saturated heterocycles. The molecule has 0 aliphatic carbocycles. The molecule has 1 heterocycles. The average Bonchev–Trinajstić information content (AvgIpc) is 2.52. The first-order valence-corrected chi connectivity index (χ1v) is 9.10. The van der Waals surface area contributed by atoms with E-state index in [2.05, 4.69) is 6.58 Å². The molecule has 2 rings (SSSR count). The molecule has 1 aromatic rings. The summed E-state index contributed by atoms with van der Waals surface area (Å²) >= 11 is 0. The van der Waals surface area contributed by atoms with Crippen molar-refractivity contribution in [2.75, 3.05) is 6.54 Å². The maximum atomic E-state index is 12.9. The first kappa shape index (κ1) is 18.3. The molecule has 1 aromatic carbocycles. The zero-order valence-electron chi connectivity index (χ0n) is 14.2. The van der Waals surface area contributed by atoms with Crippen LogP contribution in [0.5, 0.6) is 0 Å². The molecule has 1 aliphatic rings. The van der Waals surface area contributed by atoms with Gasteiger partial charge in [-0.05, 0) is 55.9 Å². The van der Waals surface area contributed by atoms with Crippen molar-refractivity contribution in [1.29, 1.82) is 0 Å². The predicted molar refractivity (Wildman–Crippen MR) is 94.1 cm³/mol. The number of aliphatic hydroxyl groups is 2. The van der Waals surface area contributed by atoms with E-state index in [-0.39, 0.29) is 24.0 Å². The monoisotopic (exact) mass is 337 g/mol. The molecule has 1 unspecified atom stereocenters. The maximum Gasteiger partial charge on any atom is 0.100 e. The van der Waals surface area contributed by atoms with Crippen LogP contribution >= 0.6 is 0 Å². The molecule has 1 aliphatic heterocycles. The van der Waals surface area contributed by atoms with Crippen molar-refractivity contribution in [2.45, 2.75) is 57.6 Å². The largest absolute Gasteiger partial charge is 0.392 e. The SMILES string of the molecule is C=CC[C@@H]1c2cc(CO)c(CO)cc2CCN1S(=O)C(C)(C)C. The smallest absolute Gasteiger partial charge is 0.100 e. The van der Waals surface area contributed by atoms with Gasteiger partial charge in [0.05, 0.1) is 24.0 Å². The third kappa shape index (κ3) is 3.74. The van der Waals surface area contributed by atoms with E-state index in [4.69, 9.17) is 0 Å². The second-order valence-electron chi connectivity index (χ2n) is 6.93. The predicted octanol–water partition coefficient (Wildman–Crippen LogP) is 2.61. The zero-order valence-corrected chi connectivity index (χ0v) is 15.0. The Morgan fingerprint density at radius 3 is 2.43 bits per heavy atom. The Hall–Kier alpha value is -1.01. The fraction of sp³-hybridized carbons (Fsp3) is 0.556. The van der Waals surface area contributed by atoms with Gasteiger partial charge < -0.3 is 10.2 Å². The minimum absolute atomic E-state index is 0.00523. The summed E-state index contributed by atoms with van der Waals surface area (Å²) in [6.07, 6.45) is 3.35. The van der Waals surface area contributed by atoms with Crippen LogP contribution in [0.15, 0.2) is 24.8 Å². The highest BCUT2D eigenvalue weighted by Crippen LogP contribution is 2.37. The van der Waals surface area contributed by atoms with Crippen LogP contribution in [0, 0.1) is 0 Å². The molecule has 128 valence electrons. The summed E-state index contributed by atoms with van der Waals surface area (Å²) < 4.78 is 14.6. The maximum absolute atomic E-state index is 12.9. The number of aliphatic hydroxyl groups excluding tert-OH is 2. The van der Waals surface area contributed by atoms with Crippen LogP contribution in [0.2, 0.25) is 0 Å². The molecule has 5 heteroatoms. The van der Waals surface area contributed by atoms with Crippen LogP contribution in [0.25, 0.3) is 0 Å². The molecule has 2 N–H and O–H groups in total. The second kappa shape index (κ2) is 7.26. The van der Waals surface area contributed by atoms with Gasteiger partial charge in [0, 0.05) is 6.54 Å². The molecule has 4 nitrogen and oxygen atoms in total. The van der Waals surface area contributed by atoms with Gasteiger partial charge in [0.25, 0.3) is 0 Å². The summed E-state index contributed by atoms with van der Waals surface area (Å²) in [5.74, 6) is 0. The van der Waals surface area contributed by atoms with Crippen LogP contribution in [0.4, 0.5) is 0 Å². The Balaban J connectivity index is 2.49. The summed E-state index contributed by atoms with van der Waals surface area (Å²) in [5.41, 5.74) is 3.77. The highest BCUT2D eigenvalue weighted by Gasteiger charge is 2.35. The number of hydrogen-bond acceptors (Lipinski definition) is 3. The van der Waals surface area contributed by atoms with Gasteiger partial charge in [-0.1, -0.05) is 18.2 Å². The van der Waals surface area contributed by atoms with Crippen molar-refractivity contribution < 1.29 is 14.4 Å². The first-order chi connectivity index (χ1) is 10.8. The minimum Gasteiger partial charge on any atom is -0.392 e. The lowest BCUT2D eigenvalue weighted by Crippen LogP contribution is -2.43. The van der Waals surface area contributed by atoms with E-state index in [1.54, 1.807) is 0 Å². The number of rotatable bonds is 5. The van der Waals surface area contributed by atoms with Gasteiger partial charge in [0.15, 0.2) is 0 Å². The number of fused-ring (bicyclic) bond motifs is 1. The third-order valence-electron chi connectivity index (χ3n) is 4.24. The van der Waals surface area contributed by atoms with Crippen LogP contribution < -0.4 is 0 Å². The molecule has 2 atom stereocenters. The Morgan fingerprint density at radius 1 is 1.30 bits per heavy atom. The van der Waals surface area contributed by atoms with Gasteiger partial charge in [-0.15, -0.1) is 6.58 Å². The third-order valence-corrected chi connectivity index (χ3v) is 6.15. The van der Waals surface area contributed by atoms with Gasteiger partial charge in [0.2, 0.25) is 0 Å². The summed E-state index contributed by atoms with van der Waals surface area (Å²) in [6.45, 7) is 10.3. The highest BCUT2D eigenvalue weighted by molar-refractivity contribution is 7.84. The molecule has 0 aromatic heterocycles. The van der Waals surface area contributed by atoms with Crippen LogP contribution in [0.3, 0.4) is 0 Å². The van der Waals surface area contributed by atoms with E-state index in [0.29, 0.717) is 6.42 Å². The first-order valence-electron chi connectivity index (χ1n) is 7.99. The van der Waals surface area contributed by atoms with E-state index in [1.165, 1.54) is 5.56 Å². The van der Waals surface area contributed by atoms with Crippen molar-refractivity contribution in [2.24, 2.45) is 0 Å². The van der Waals surface area contributed by atoms with Crippen LogP contribution in [0.1, 0.15) is 55.5 Å². The van der Waals surface area contributed by atoms with Gasteiger partial charge in [-0.2, -0.15) is 0 Å². The number of nitrogens with zero attached hydrogens (tertiary/aromatic N) is 1. The topological polar surface area (TPSA) is 60.8 Å². The molecule has 23 heavy (non-hydrogen) atoms. The van der Waals surface area contributed by atoms with Crippen molar-refractivity contribution in [3.8, 4) is 0 Å². The van der Waals surface area contributed by atoms with Crippen molar-refractivity contribution in [1.82, 2.24) is 4.31 Å².